The van der Waals surface area contributed by atoms with E-state index in [1.54, 1.807) is 25.1 Å². The van der Waals surface area contributed by atoms with E-state index in [2.05, 4.69) is 5.32 Å². The zero-order chi connectivity index (χ0) is 18.0. The van der Waals surface area contributed by atoms with Crippen molar-refractivity contribution in [2.45, 2.75) is 25.6 Å². The summed E-state index contributed by atoms with van der Waals surface area (Å²) in [6.45, 7) is 1.86. The highest BCUT2D eigenvalue weighted by molar-refractivity contribution is 5.80. The molecule has 1 N–H and O–H groups in total. The van der Waals surface area contributed by atoms with Crippen LogP contribution in [0.1, 0.15) is 22.7 Å². The second-order valence-corrected chi connectivity index (χ2v) is 6.21. The van der Waals surface area contributed by atoms with E-state index in [9.17, 15) is 18.0 Å². The second kappa shape index (κ2) is 6.78. The number of nitrogens with one attached hydrogen (secondary N) is 1. The molecule has 1 aliphatic heterocycles. The number of halogens is 3. The van der Waals surface area contributed by atoms with Gasteiger partial charge in [0, 0.05) is 0 Å². The average Bonchev–Trinajstić information content (AvgIpc) is 2.59. The highest BCUT2D eigenvalue weighted by Crippen LogP contribution is 2.34. The molecule has 2 aromatic rings. The average molecular weight is 349 g/mol. The second-order valence-electron chi connectivity index (χ2n) is 6.21. The maximum absolute atomic E-state index is 13.4. The maximum Gasteiger partial charge on any atom is 0.412 e. The van der Waals surface area contributed by atoms with E-state index in [0.717, 1.165) is 11.1 Å². The smallest absolute Gasteiger partial charge is 0.412 e. The number of carbonyl (C=O) groups is 1. The minimum Gasteiger partial charge on any atom is -0.492 e. The minimum atomic E-state index is -4.57. The van der Waals surface area contributed by atoms with Crippen LogP contribution in [-0.2, 0) is 11.2 Å². The molecule has 1 heterocycles. The molecule has 3 nitrogen and oxygen atoms in total. The summed E-state index contributed by atoms with van der Waals surface area (Å²) in [7, 11) is 0. The number of hydrogen-bond donors (Lipinski definition) is 1. The lowest BCUT2D eigenvalue weighted by Gasteiger charge is -2.28. The molecule has 0 bridgehead atoms. The van der Waals surface area contributed by atoms with Crippen LogP contribution in [0.15, 0.2) is 48.5 Å². The third-order valence-corrected chi connectivity index (χ3v) is 4.27. The Balaban J connectivity index is 1.76. The normalized spacial score (nSPS) is 18.0. The summed E-state index contributed by atoms with van der Waals surface area (Å²) in [5.41, 5.74) is 1.70. The molecule has 0 aliphatic carbocycles. The van der Waals surface area contributed by atoms with Crippen molar-refractivity contribution in [1.29, 1.82) is 0 Å². The lowest BCUT2D eigenvalue weighted by molar-refractivity contribution is -0.165. The lowest BCUT2D eigenvalue weighted by Crippen LogP contribution is -2.43. The minimum absolute atomic E-state index is 0.0172. The van der Waals surface area contributed by atoms with Crippen molar-refractivity contribution in [1.82, 2.24) is 5.32 Å². The van der Waals surface area contributed by atoms with E-state index in [1.165, 1.54) is 12.1 Å². The Morgan fingerprint density at radius 3 is 2.52 bits per heavy atom. The van der Waals surface area contributed by atoms with E-state index >= 15 is 0 Å². The zero-order valence-electron chi connectivity index (χ0n) is 13.6. The van der Waals surface area contributed by atoms with E-state index < -0.39 is 24.0 Å². The van der Waals surface area contributed by atoms with Crippen LogP contribution in [0, 0.1) is 12.8 Å². The molecule has 1 amide bonds. The first kappa shape index (κ1) is 17.3. The fourth-order valence-corrected chi connectivity index (χ4v) is 2.87. The van der Waals surface area contributed by atoms with Crippen molar-refractivity contribution in [2.24, 2.45) is 5.92 Å². The van der Waals surface area contributed by atoms with Crippen molar-refractivity contribution >= 4 is 5.91 Å². The molecule has 0 saturated carbocycles. The third kappa shape index (κ3) is 3.95. The van der Waals surface area contributed by atoms with E-state index in [4.69, 9.17) is 4.74 Å². The molecule has 0 spiro atoms. The van der Waals surface area contributed by atoms with Gasteiger partial charge in [-0.05, 0) is 30.5 Å². The number of para-hydroxylation sites is 1. The Bertz CT molecular complexity index is 756. The number of carbonyl (C=O) groups excluding carboxylic acids is 1. The molecule has 0 fully saturated rings. The Morgan fingerprint density at radius 2 is 1.84 bits per heavy atom. The van der Waals surface area contributed by atoms with Gasteiger partial charge in [0.15, 0.2) is 6.04 Å². The Labute approximate surface area is 143 Å². The summed E-state index contributed by atoms with van der Waals surface area (Å²) in [4.78, 5) is 12.4. The number of benzene rings is 2. The molecule has 132 valence electrons. The van der Waals surface area contributed by atoms with Crippen molar-refractivity contribution in [3.63, 3.8) is 0 Å². The number of ether oxygens (including phenoxy) is 1. The van der Waals surface area contributed by atoms with E-state index in [0.29, 0.717) is 12.2 Å². The largest absolute Gasteiger partial charge is 0.492 e. The summed E-state index contributed by atoms with van der Waals surface area (Å²) in [5.74, 6) is -0.625. The summed E-state index contributed by atoms with van der Waals surface area (Å²) in [6.07, 6.45) is -4.21. The Hall–Kier alpha value is -2.50. The van der Waals surface area contributed by atoms with Gasteiger partial charge in [-0.1, -0.05) is 48.0 Å². The van der Waals surface area contributed by atoms with Crippen LogP contribution in [-0.4, -0.2) is 18.7 Å². The van der Waals surface area contributed by atoms with E-state index in [-0.39, 0.29) is 12.2 Å². The van der Waals surface area contributed by atoms with Crippen LogP contribution in [0.3, 0.4) is 0 Å². The van der Waals surface area contributed by atoms with Crippen molar-refractivity contribution in [3.05, 3.63) is 65.2 Å². The van der Waals surface area contributed by atoms with Gasteiger partial charge in [0.2, 0.25) is 5.91 Å². The van der Waals surface area contributed by atoms with Gasteiger partial charge < -0.3 is 10.1 Å². The van der Waals surface area contributed by atoms with Gasteiger partial charge >= 0.3 is 6.18 Å². The van der Waals surface area contributed by atoms with Crippen LogP contribution >= 0.6 is 0 Å². The molecule has 3 rings (SSSR count). The van der Waals surface area contributed by atoms with Crippen LogP contribution in [0.5, 0.6) is 5.75 Å². The molecule has 2 aromatic carbocycles. The predicted octanol–water partition coefficient (Wildman–Crippen LogP) is 3.97. The van der Waals surface area contributed by atoms with Crippen LogP contribution < -0.4 is 10.1 Å². The summed E-state index contributed by atoms with van der Waals surface area (Å²) < 4.78 is 45.8. The fourth-order valence-electron chi connectivity index (χ4n) is 2.87. The molecule has 0 unspecified atom stereocenters. The van der Waals surface area contributed by atoms with Gasteiger partial charge in [0.1, 0.15) is 12.4 Å². The van der Waals surface area contributed by atoms with Crippen molar-refractivity contribution in [2.75, 3.05) is 6.61 Å². The summed E-state index contributed by atoms with van der Waals surface area (Å²) >= 11 is 0. The first-order valence-corrected chi connectivity index (χ1v) is 7.99. The fraction of sp³-hybridized carbons (Fsp3) is 0.316. The first-order chi connectivity index (χ1) is 11.8. The summed E-state index contributed by atoms with van der Waals surface area (Å²) in [5, 5.41) is 2.15. The number of aryl methyl sites for hydroxylation is 1. The Kier molecular flexibility index (Phi) is 4.70. The zero-order valence-corrected chi connectivity index (χ0v) is 13.6. The van der Waals surface area contributed by atoms with Gasteiger partial charge in [0.25, 0.3) is 0 Å². The van der Waals surface area contributed by atoms with Crippen LogP contribution in [0.2, 0.25) is 0 Å². The number of hydrogen-bond acceptors (Lipinski definition) is 2. The molecular formula is C19H18F3NO2. The van der Waals surface area contributed by atoms with Crippen LogP contribution in [0.4, 0.5) is 13.2 Å². The number of rotatable bonds is 3. The van der Waals surface area contributed by atoms with Gasteiger partial charge in [-0.25, -0.2) is 0 Å². The monoisotopic (exact) mass is 349 g/mol. The quantitative estimate of drug-likeness (QED) is 0.911. The molecule has 0 aromatic heterocycles. The molecule has 25 heavy (non-hydrogen) atoms. The standard InChI is InChI=1S/C19H18F3NO2/c1-12-6-8-13(9-7-12)17(19(20,21)22)23-18(24)15-10-14-4-2-3-5-16(14)25-11-15/h2-9,15,17H,10-11H2,1H3,(H,23,24)/t15-,17-/m0/s1. The predicted molar refractivity (Wildman–Crippen MR) is 87.2 cm³/mol. The molecule has 1 aliphatic rings. The van der Waals surface area contributed by atoms with Crippen LogP contribution in [0.25, 0.3) is 0 Å². The van der Waals surface area contributed by atoms with Gasteiger partial charge in [-0.3, -0.25) is 4.79 Å². The molecular weight excluding hydrogens is 331 g/mol. The van der Waals surface area contributed by atoms with Crippen molar-refractivity contribution in [3.8, 4) is 5.75 Å². The number of amides is 1. The first-order valence-electron chi connectivity index (χ1n) is 7.99. The maximum atomic E-state index is 13.4. The Morgan fingerprint density at radius 1 is 1.16 bits per heavy atom. The van der Waals surface area contributed by atoms with Gasteiger partial charge in [0.05, 0.1) is 5.92 Å². The lowest BCUT2D eigenvalue weighted by atomic mass is 9.95. The number of alkyl halides is 3. The molecule has 0 saturated heterocycles. The van der Waals surface area contributed by atoms with E-state index in [1.807, 2.05) is 18.2 Å². The topological polar surface area (TPSA) is 38.3 Å². The number of fused-ring (bicyclic) bond motifs is 1. The molecule has 6 heteroatoms. The van der Waals surface area contributed by atoms with Crippen molar-refractivity contribution < 1.29 is 22.7 Å². The third-order valence-electron chi connectivity index (χ3n) is 4.27. The summed E-state index contributed by atoms with van der Waals surface area (Å²) in [6, 6.07) is 11.2. The highest BCUT2D eigenvalue weighted by atomic mass is 19.4. The SMILES string of the molecule is Cc1ccc([C@H](NC(=O)[C@@H]2COc3ccccc3C2)C(F)(F)F)cc1. The van der Waals surface area contributed by atoms with Gasteiger partial charge in [-0.2, -0.15) is 13.2 Å². The molecule has 0 radical (unpaired) electrons. The highest BCUT2D eigenvalue weighted by Gasteiger charge is 2.43. The molecule has 2 atom stereocenters. The van der Waals surface area contributed by atoms with Gasteiger partial charge in [-0.15, -0.1) is 0 Å².